The van der Waals surface area contributed by atoms with Crippen LogP contribution in [0.4, 0.5) is 5.69 Å². The summed E-state index contributed by atoms with van der Waals surface area (Å²) < 4.78 is 17.1. The zero-order chi connectivity index (χ0) is 22.4. The zero-order valence-electron chi connectivity index (χ0n) is 17.3. The topological polar surface area (TPSA) is 60.4 Å². The molecule has 0 N–H and O–H groups in total. The highest BCUT2D eigenvalue weighted by Crippen LogP contribution is 2.38. The SMILES string of the molecule is C#CCOc1c(I)cc(/C=C2/SC(=Nc3ccc(OC)cc3)N(CC)C2=O)cc1OC. The van der Waals surface area contributed by atoms with Gasteiger partial charge in [-0.15, -0.1) is 6.42 Å². The summed E-state index contributed by atoms with van der Waals surface area (Å²) in [4.78, 5) is 19.8. The molecule has 1 heterocycles. The van der Waals surface area contributed by atoms with Crippen LogP contribution >= 0.6 is 34.4 Å². The number of hydrogen-bond acceptors (Lipinski definition) is 6. The minimum Gasteiger partial charge on any atom is -0.497 e. The molecule has 6 nitrogen and oxygen atoms in total. The summed E-state index contributed by atoms with van der Waals surface area (Å²) in [6.07, 6.45) is 7.13. The van der Waals surface area contributed by atoms with Crippen LogP contribution in [0.5, 0.6) is 17.2 Å². The first-order valence-electron chi connectivity index (χ1n) is 9.38. The maximum absolute atomic E-state index is 12.9. The molecule has 0 aromatic heterocycles. The van der Waals surface area contributed by atoms with Gasteiger partial charge in [0.2, 0.25) is 0 Å². The number of amidine groups is 1. The summed E-state index contributed by atoms with van der Waals surface area (Å²) in [6, 6.07) is 11.1. The number of likely N-dealkylation sites (N-methyl/N-ethyl adjacent to an activating group) is 1. The van der Waals surface area contributed by atoms with Crippen molar-refractivity contribution < 1.29 is 19.0 Å². The summed E-state index contributed by atoms with van der Waals surface area (Å²) in [5.41, 5.74) is 1.58. The number of hydrogen-bond donors (Lipinski definition) is 0. The van der Waals surface area contributed by atoms with Crippen molar-refractivity contribution in [2.75, 3.05) is 27.4 Å². The van der Waals surface area contributed by atoms with E-state index in [-0.39, 0.29) is 12.5 Å². The Morgan fingerprint density at radius 2 is 1.97 bits per heavy atom. The lowest BCUT2D eigenvalue weighted by molar-refractivity contribution is -0.122. The van der Waals surface area contributed by atoms with Gasteiger partial charge in [0.05, 0.1) is 28.4 Å². The number of halogens is 1. The van der Waals surface area contributed by atoms with Crippen LogP contribution in [0.15, 0.2) is 46.3 Å². The molecule has 1 aliphatic heterocycles. The van der Waals surface area contributed by atoms with Gasteiger partial charge in [0.25, 0.3) is 5.91 Å². The summed E-state index contributed by atoms with van der Waals surface area (Å²) in [5, 5.41) is 0.638. The molecule has 8 heteroatoms. The van der Waals surface area contributed by atoms with E-state index >= 15 is 0 Å². The first kappa shape index (κ1) is 23.0. The third kappa shape index (κ3) is 5.35. The number of terminal acetylenes is 1. The third-order valence-corrected chi connectivity index (χ3v) is 6.16. The Bertz CT molecular complexity index is 1070. The van der Waals surface area contributed by atoms with Gasteiger partial charge < -0.3 is 14.2 Å². The van der Waals surface area contributed by atoms with Crippen LogP contribution < -0.4 is 14.2 Å². The quantitative estimate of drug-likeness (QED) is 0.279. The van der Waals surface area contributed by atoms with Crippen molar-refractivity contribution in [3.8, 4) is 29.6 Å². The molecule has 0 radical (unpaired) electrons. The highest BCUT2D eigenvalue weighted by molar-refractivity contribution is 14.1. The van der Waals surface area contributed by atoms with Crippen LogP contribution in [0.3, 0.4) is 0 Å². The van der Waals surface area contributed by atoms with E-state index in [1.54, 1.807) is 19.1 Å². The lowest BCUT2D eigenvalue weighted by atomic mass is 10.2. The molecule has 1 saturated heterocycles. The molecule has 160 valence electrons. The van der Waals surface area contributed by atoms with Crippen molar-refractivity contribution in [3.63, 3.8) is 0 Å². The molecule has 0 unspecified atom stereocenters. The van der Waals surface area contributed by atoms with Crippen molar-refractivity contribution >= 4 is 57.2 Å². The predicted octanol–water partition coefficient (Wildman–Crippen LogP) is 4.94. The van der Waals surface area contributed by atoms with Crippen molar-refractivity contribution in [2.24, 2.45) is 4.99 Å². The monoisotopic (exact) mass is 548 g/mol. The van der Waals surface area contributed by atoms with Gasteiger partial charge in [0.15, 0.2) is 16.7 Å². The number of carbonyl (C=O) groups is 1. The Kier molecular flexibility index (Phi) is 7.87. The van der Waals surface area contributed by atoms with Crippen LogP contribution in [0, 0.1) is 15.9 Å². The molecule has 2 aromatic carbocycles. The van der Waals surface area contributed by atoms with Gasteiger partial charge in [-0.1, -0.05) is 5.92 Å². The fourth-order valence-electron chi connectivity index (χ4n) is 2.87. The zero-order valence-corrected chi connectivity index (χ0v) is 20.3. The number of aliphatic imine (C=N–C) groups is 1. The Labute approximate surface area is 199 Å². The molecule has 0 spiro atoms. The molecule has 2 aromatic rings. The summed E-state index contributed by atoms with van der Waals surface area (Å²) in [5.74, 6) is 4.27. The highest BCUT2D eigenvalue weighted by atomic mass is 127. The molecular formula is C23H21IN2O4S. The Morgan fingerprint density at radius 3 is 2.58 bits per heavy atom. The minimum absolute atomic E-state index is 0.0820. The molecule has 0 bridgehead atoms. The summed E-state index contributed by atoms with van der Waals surface area (Å²) in [7, 11) is 3.19. The molecule has 0 saturated carbocycles. The van der Waals surface area contributed by atoms with Crippen LogP contribution in [-0.4, -0.2) is 43.3 Å². The molecule has 0 atom stereocenters. The van der Waals surface area contributed by atoms with E-state index in [1.807, 2.05) is 49.4 Å². The second kappa shape index (κ2) is 10.6. The maximum Gasteiger partial charge on any atom is 0.266 e. The van der Waals surface area contributed by atoms with Crippen molar-refractivity contribution in [1.82, 2.24) is 4.90 Å². The molecule has 1 fully saturated rings. The van der Waals surface area contributed by atoms with Crippen LogP contribution in [0.2, 0.25) is 0 Å². The fourth-order valence-corrected chi connectivity index (χ4v) is 4.71. The van der Waals surface area contributed by atoms with E-state index < -0.39 is 0 Å². The lowest BCUT2D eigenvalue weighted by Crippen LogP contribution is -2.28. The van der Waals surface area contributed by atoms with E-state index in [0.29, 0.717) is 28.1 Å². The van der Waals surface area contributed by atoms with Gasteiger partial charge in [-0.2, -0.15) is 0 Å². The predicted molar refractivity (Wildman–Crippen MR) is 133 cm³/mol. The number of rotatable bonds is 7. The second-order valence-corrected chi connectivity index (χ2v) is 8.45. The van der Waals surface area contributed by atoms with Gasteiger partial charge in [-0.3, -0.25) is 9.69 Å². The van der Waals surface area contributed by atoms with E-state index in [2.05, 4.69) is 33.5 Å². The number of methoxy groups -OCH3 is 2. The van der Waals surface area contributed by atoms with E-state index in [0.717, 1.165) is 20.6 Å². The Balaban J connectivity index is 1.92. The number of nitrogens with zero attached hydrogens (tertiary/aromatic N) is 2. The number of ether oxygens (including phenoxy) is 3. The maximum atomic E-state index is 12.9. The van der Waals surface area contributed by atoms with Crippen molar-refractivity contribution in [3.05, 3.63) is 50.4 Å². The normalized spacial score (nSPS) is 16.0. The number of benzene rings is 2. The van der Waals surface area contributed by atoms with Gasteiger partial charge in [0, 0.05) is 6.54 Å². The highest BCUT2D eigenvalue weighted by Gasteiger charge is 2.32. The molecule has 3 rings (SSSR count). The van der Waals surface area contributed by atoms with Gasteiger partial charge >= 0.3 is 0 Å². The van der Waals surface area contributed by atoms with E-state index in [4.69, 9.17) is 20.6 Å². The fraction of sp³-hybridized carbons (Fsp3) is 0.217. The van der Waals surface area contributed by atoms with E-state index in [9.17, 15) is 4.79 Å². The molecule has 31 heavy (non-hydrogen) atoms. The van der Waals surface area contributed by atoms with Gasteiger partial charge in [0.1, 0.15) is 12.4 Å². The molecule has 1 aliphatic rings. The number of carbonyl (C=O) groups excluding carboxylic acids is 1. The van der Waals surface area contributed by atoms with E-state index in [1.165, 1.54) is 11.8 Å². The molecular weight excluding hydrogens is 527 g/mol. The average molecular weight is 548 g/mol. The van der Waals surface area contributed by atoms with Crippen molar-refractivity contribution in [1.29, 1.82) is 0 Å². The van der Waals surface area contributed by atoms with Crippen LogP contribution in [0.1, 0.15) is 12.5 Å². The smallest absolute Gasteiger partial charge is 0.266 e. The Hall–Kier alpha value is -2.64. The first-order chi connectivity index (χ1) is 15.0. The van der Waals surface area contributed by atoms with Crippen LogP contribution in [-0.2, 0) is 4.79 Å². The van der Waals surface area contributed by atoms with Crippen molar-refractivity contribution in [2.45, 2.75) is 6.92 Å². The lowest BCUT2D eigenvalue weighted by Gasteiger charge is -2.12. The summed E-state index contributed by atoms with van der Waals surface area (Å²) >= 11 is 3.51. The third-order valence-electron chi connectivity index (χ3n) is 4.35. The first-order valence-corrected chi connectivity index (χ1v) is 11.3. The number of amides is 1. The average Bonchev–Trinajstić information content (AvgIpc) is 3.06. The standard InChI is InChI=1S/C23H21IN2O4S/c1-5-11-30-21-18(24)12-15(13-19(21)29-4)14-20-22(27)26(6-2)23(31-20)25-16-7-9-17(28-3)10-8-16/h1,7-10,12-14H,6,11H2,2-4H3/b20-14+,25-23?. The summed E-state index contributed by atoms with van der Waals surface area (Å²) in [6.45, 7) is 2.60. The Morgan fingerprint density at radius 1 is 1.23 bits per heavy atom. The van der Waals surface area contributed by atoms with Gasteiger partial charge in [-0.05, 0) is 89.3 Å². The second-order valence-electron chi connectivity index (χ2n) is 6.28. The molecule has 1 amide bonds. The van der Waals surface area contributed by atoms with Gasteiger partial charge in [-0.25, -0.2) is 4.99 Å². The number of thioether (sulfide) groups is 1. The largest absolute Gasteiger partial charge is 0.497 e. The van der Waals surface area contributed by atoms with Crippen LogP contribution in [0.25, 0.3) is 6.08 Å². The minimum atomic E-state index is -0.0820. The molecule has 0 aliphatic carbocycles.